The maximum Gasteiger partial charge on any atom is -0.000136 e. The van der Waals surface area contributed by atoms with Gasteiger partial charge in [0.2, 0.25) is 0 Å². The topological polar surface area (TPSA) is 0 Å². The number of hydrogen-bond acceptors (Lipinski definition) is 1. The highest BCUT2D eigenvalue weighted by Gasteiger charge is 2.01. The third-order valence-electron chi connectivity index (χ3n) is 1.32. The Morgan fingerprint density at radius 2 is 2.30 bits per heavy atom. The monoisotopic (exact) mass is 172 g/mol. The van der Waals surface area contributed by atoms with E-state index in [1.807, 2.05) is 6.92 Å². The lowest BCUT2D eigenvalue weighted by atomic mass is 10.4. The Hall–Kier alpha value is -0.0500. The molecule has 2 heteroatoms. The summed E-state index contributed by atoms with van der Waals surface area (Å²) >= 11 is 5.33. The van der Waals surface area contributed by atoms with Gasteiger partial charge in [-0.1, -0.05) is 24.7 Å². The first kappa shape index (κ1) is 9.95. The molecule has 10 heavy (non-hydrogen) atoms. The van der Waals surface area contributed by atoms with Crippen LogP contribution in [0, 0.1) is 12.3 Å². The Balaban J connectivity index is 4.44. The minimum atomic E-state index is -1.22. The van der Waals surface area contributed by atoms with Crippen molar-refractivity contribution in [3.05, 3.63) is 11.4 Å². The number of rotatable bonds is 2. The van der Waals surface area contributed by atoms with E-state index in [4.69, 9.17) is 18.2 Å². The summed E-state index contributed by atoms with van der Waals surface area (Å²) in [6.45, 7) is 6.16. The molecule has 0 saturated carbocycles. The standard InChI is InChI=1S/C8H13PS/c1-5-8(3)7-9(4,10)6-2/h1,7H,6H2,2-4H3/b8-7+. The molecule has 0 aliphatic heterocycles. The molecule has 0 spiro atoms. The molecule has 0 fully saturated rings. The molecule has 0 aliphatic rings. The second-order valence-electron chi connectivity index (χ2n) is 2.45. The van der Waals surface area contributed by atoms with E-state index in [-0.39, 0.29) is 0 Å². The van der Waals surface area contributed by atoms with Gasteiger partial charge in [-0.05, 0) is 37.2 Å². The van der Waals surface area contributed by atoms with Crippen molar-refractivity contribution in [3.63, 3.8) is 0 Å². The fraction of sp³-hybridized carbons (Fsp3) is 0.500. The molecule has 0 aromatic heterocycles. The summed E-state index contributed by atoms with van der Waals surface area (Å²) in [7, 11) is 0. The highest BCUT2D eigenvalue weighted by atomic mass is 32.4. The van der Waals surface area contributed by atoms with Gasteiger partial charge >= 0.3 is 0 Å². The largest absolute Gasteiger partial charge is 0.115 e. The first-order chi connectivity index (χ1) is 4.52. The van der Waals surface area contributed by atoms with Crippen molar-refractivity contribution in [2.24, 2.45) is 0 Å². The van der Waals surface area contributed by atoms with Crippen LogP contribution in [-0.4, -0.2) is 12.8 Å². The maximum atomic E-state index is 5.33. The van der Waals surface area contributed by atoms with Crippen LogP contribution in [0.1, 0.15) is 13.8 Å². The smallest absolute Gasteiger partial charge is 0.000136 e. The molecule has 0 heterocycles. The van der Waals surface area contributed by atoms with Crippen molar-refractivity contribution in [2.45, 2.75) is 13.8 Å². The van der Waals surface area contributed by atoms with Crippen LogP contribution >= 0.6 is 6.04 Å². The lowest BCUT2D eigenvalue weighted by Crippen LogP contribution is -1.78. The molecular formula is C8H13PS. The van der Waals surface area contributed by atoms with E-state index in [9.17, 15) is 0 Å². The van der Waals surface area contributed by atoms with Crippen molar-refractivity contribution in [1.82, 2.24) is 0 Å². The first-order valence-corrected chi connectivity index (χ1v) is 6.74. The van der Waals surface area contributed by atoms with Gasteiger partial charge in [0.05, 0.1) is 0 Å². The van der Waals surface area contributed by atoms with Crippen molar-refractivity contribution >= 4 is 17.8 Å². The second-order valence-corrected chi connectivity index (χ2v) is 8.19. The Morgan fingerprint density at radius 3 is 2.60 bits per heavy atom. The molecule has 0 nitrogen and oxygen atoms in total. The lowest BCUT2D eigenvalue weighted by molar-refractivity contribution is 1.49. The van der Waals surface area contributed by atoms with Gasteiger partial charge in [-0.15, -0.1) is 6.42 Å². The predicted molar refractivity (Wildman–Crippen MR) is 53.3 cm³/mol. The summed E-state index contributed by atoms with van der Waals surface area (Å²) < 4.78 is 0. The molecule has 1 unspecified atom stereocenters. The normalized spacial score (nSPS) is 17.6. The van der Waals surface area contributed by atoms with E-state index in [1.165, 1.54) is 0 Å². The van der Waals surface area contributed by atoms with E-state index < -0.39 is 6.04 Å². The van der Waals surface area contributed by atoms with E-state index >= 15 is 0 Å². The van der Waals surface area contributed by atoms with Gasteiger partial charge in [0.25, 0.3) is 0 Å². The predicted octanol–water partition coefficient (Wildman–Crippen LogP) is 2.65. The van der Waals surface area contributed by atoms with Crippen LogP contribution in [0.2, 0.25) is 0 Å². The molecular weight excluding hydrogens is 159 g/mol. The van der Waals surface area contributed by atoms with E-state index in [0.29, 0.717) is 0 Å². The van der Waals surface area contributed by atoms with Crippen molar-refractivity contribution < 1.29 is 0 Å². The molecule has 0 N–H and O–H groups in total. The summed E-state index contributed by atoms with van der Waals surface area (Å²) in [5, 5.41) is 0. The molecule has 0 saturated heterocycles. The van der Waals surface area contributed by atoms with Crippen molar-refractivity contribution in [3.8, 4) is 12.3 Å². The van der Waals surface area contributed by atoms with E-state index in [2.05, 4.69) is 25.3 Å². The molecule has 0 bridgehead atoms. The fourth-order valence-electron chi connectivity index (χ4n) is 0.538. The van der Waals surface area contributed by atoms with Crippen LogP contribution < -0.4 is 0 Å². The fourth-order valence-corrected chi connectivity index (χ4v) is 2.09. The molecule has 0 aromatic rings. The van der Waals surface area contributed by atoms with Gasteiger partial charge in [0.15, 0.2) is 0 Å². The van der Waals surface area contributed by atoms with Crippen LogP contribution in [-0.2, 0) is 11.8 Å². The quantitative estimate of drug-likeness (QED) is 0.456. The van der Waals surface area contributed by atoms with Crippen LogP contribution in [0.3, 0.4) is 0 Å². The first-order valence-electron chi connectivity index (χ1n) is 3.24. The lowest BCUT2D eigenvalue weighted by Gasteiger charge is -2.07. The highest BCUT2D eigenvalue weighted by Crippen LogP contribution is 2.43. The van der Waals surface area contributed by atoms with Gasteiger partial charge in [-0.3, -0.25) is 0 Å². The molecule has 56 valence electrons. The Bertz CT molecular complexity index is 220. The zero-order valence-electron chi connectivity index (χ0n) is 6.72. The third-order valence-corrected chi connectivity index (χ3v) is 4.60. The zero-order valence-corrected chi connectivity index (χ0v) is 8.43. The summed E-state index contributed by atoms with van der Waals surface area (Å²) in [5.74, 6) is 4.65. The number of hydrogen-bond donors (Lipinski definition) is 0. The van der Waals surface area contributed by atoms with Gasteiger partial charge < -0.3 is 0 Å². The van der Waals surface area contributed by atoms with Crippen LogP contribution in [0.4, 0.5) is 0 Å². The minimum absolute atomic E-state index is 0.979. The summed E-state index contributed by atoms with van der Waals surface area (Å²) in [5.41, 5.74) is 0.979. The minimum Gasteiger partial charge on any atom is -0.115 e. The Labute approximate surface area is 68.7 Å². The van der Waals surface area contributed by atoms with Gasteiger partial charge in [-0.25, -0.2) is 0 Å². The molecule has 0 rings (SSSR count). The van der Waals surface area contributed by atoms with Gasteiger partial charge in [0, 0.05) is 0 Å². The molecule has 1 atom stereocenters. The second kappa shape index (κ2) is 3.96. The van der Waals surface area contributed by atoms with E-state index in [0.717, 1.165) is 11.7 Å². The summed E-state index contributed by atoms with van der Waals surface area (Å²) in [4.78, 5) is 0. The molecule has 0 amide bonds. The Morgan fingerprint density at radius 1 is 1.80 bits per heavy atom. The number of allylic oxidation sites excluding steroid dienone is 1. The van der Waals surface area contributed by atoms with Crippen LogP contribution in [0.15, 0.2) is 11.4 Å². The molecule has 0 aliphatic carbocycles. The Kier molecular flexibility index (Phi) is 3.94. The average Bonchev–Trinajstić information content (AvgIpc) is 1.87. The van der Waals surface area contributed by atoms with E-state index in [1.54, 1.807) is 0 Å². The third kappa shape index (κ3) is 3.88. The van der Waals surface area contributed by atoms with Crippen molar-refractivity contribution in [2.75, 3.05) is 12.8 Å². The summed E-state index contributed by atoms with van der Waals surface area (Å²) in [6, 6.07) is -1.22. The zero-order chi connectivity index (χ0) is 8.20. The van der Waals surface area contributed by atoms with Gasteiger partial charge in [0.1, 0.15) is 0 Å². The maximum absolute atomic E-state index is 5.33. The average molecular weight is 172 g/mol. The van der Waals surface area contributed by atoms with Crippen LogP contribution in [0.25, 0.3) is 0 Å². The number of terminal acetylenes is 1. The summed E-state index contributed by atoms with van der Waals surface area (Å²) in [6.07, 6.45) is 6.24. The highest BCUT2D eigenvalue weighted by molar-refractivity contribution is 8.15. The molecule has 0 aromatic carbocycles. The van der Waals surface area contributed by atoms with Crippen molar-refractivity contribution in [1.29, 1.82) is 0 Å². The SMILES string of the molecule is C#C/C(C)=C/P(C)(=S)CC. The van der Waals surface area contributed by atoms with Crippen LogP contribution in [0.5, 0.6) is 0 Å². The van der Waals surface area contributed by atoms with Gasteiger partial charge in [-0.2, -0.15) is 0 Å². The molecule has 0 radical (unpaired) electrons.